The standard InChI is InChI=1S/C21H16F3NO/c1-13-4-10-19-18(11-13)17-9-3-14(2)12-20(17)25(19)15-5-7-16(8-6-15)26-21(22,23)24/h3-12H,1-2H3. The number of ether oxygens (including phenoxy) is 1. The van der Waals surface area contributed by atoms with E-state index in [0.29, 0.717) is 0 Å². The average molecular weight is 355 g/mol. The number of benzene rings is 3. The molecule has 2 nitrogen and oxygen atoms in total. The third-order valence-electron chi connectivity index (χ3n) is 4.41. The van der Waals surface area contributed by atoms with Crippen LogP contribution in [0.2, 0.25) is 0 Å². The summed E-state index contributed by atoms with van der Waals surface area (Å²) in [6.45, 7) is 4.06. The molecule has 0 bridgehead atoms. The fourth-order valence-corrected chi connectivity index (χ4v) is 3.32. The van der Waals surface area contributed by atoms with E-state index in [1.54, 1.807) is 12.1 Å². The molecule has 0 aliphatic carbocycles. The van der Waals surface area contributed by atoms with Crippen molar-refractivity contribution in [1.82, 2.24) is 4.57 Å². The van der Waals surface area contributed by atoms with Gasteiger partial charge in [0.05, 0.1) is 11.0 Å². The van der Waals surface area contributed by atoms with Gasteiger partial charge < -0.3 is 9.30 Å². The molecule has 1 aromatic heterocycles. The molecule has 0 saturated heterocycles. The highest BCUT2D eigenvalue weighted by molar-refractivity contribution is 6.09. The van der Waals surface area contributed by atoms with Gasteiger partial charge in [-0.3, -0.25) is 0 Å². The second kappa shape index (κ2) is 5.80. The molecule has 5 heteroatoms. The summed E-state index contributed by atoms with van der Waals surface area (Å²) >= 11 is 0. The van der Waals surface area contributed by atoms with E-state index in [2.05, 4.69) is 33.6 Å². The minimum atomic E-state index is -4.69. The van der Waals surface area contributed by atoms with Crippen molar-refractivity contribution < 1.29 is 17.9 Å². The Kier molecular flexibility index (Phi) is 3.68. The van der Waals surface area contributed by atoms with Gasteiger partial charge in [0.2, 0.25) is 0 Å². The van der Waals surface area contributed by atoms with Gasteiger partial charge in [-0.15, -0.1) is 13.2 Å². The predicted molar refractivity (Wildman–Crippen MR) is 96.9 cm³/mol. The second-order valence-electron chi connectivity index (χ2n) is 6.42. The second-order valence-corrected chi connectivity index (χ2v) is 6.42. The van der Waals surface area contributed by atoms with Gasteiger partial charge in [-0.1, -0.05) is 23.8 Å². The molecule has 26 heavy (non-hydrogen) atoms. The van der Waals surface area contributed by atoms with Crippen molar-refractivity contribution in [3.8, 4) is 11.4 Å². The van der Waals surface area contributed by atoms with Crippen molar-refractivity contribution in [3.05, 3.63) is 71.8 Å². The Bertz CT molecular complexity index is 1110. The van der Waals surface area contributed by atoms with Crippen LogP contribution in [0.4, 0.5) is 13.2 Å². The molecule has 0 aliphatic rings. The van der Waals surface area contributed by atoms with Gasteiger partial charge in [-0.05, 0) is 61.9 Å². The predicted octanol–water partition coefficient (Wildman–Crippen LogP) is 6.30. The molecule has 0 spiro atoms. The Labute approximate surface area is 148 Å². The van der Waals surface area contributed by atoms with E-state index < -0.39 is 6.36 Å². The van der Waals surface area contributed by atoms with Crippen LogP contribution in [0.5, 0.6) is 5.75 Å². The zero-order valence-electron chi connectivity index (χ0n) is 14.3. The largest absolute Gasteiger partial charge is 0.573 e. The van der Waals surface area contributed by atoms with Crippen molar-refractivity contribution in [2.75, 3.05) is 0 Å². The first-order valence-electron chi connectivity index (χ1n) is 8.19. The summed E-state index contributed by atoms with van der Waals surface area (Å²) < 4.78 is 43.2. The van der Waals surface area contributed by atoms with Gasteiger partial charge in [0.1, 0.15) is 5.75 Å². The van der Waals surface area contributed by atoms with E-state index in [1.165, 1.54) is 12.1 Å². The van der Waals surface area contributed by atoms with Crippen molar-refractivity contribution in [1.29, 1.82) is 0 Å². The number of aromatic nitrogens is 1. The van der Waals surface area contributed by atoms with Gasteiger partial charge in [0.25, 0.3) is 0 Å². The summed E-state index contributed by atoms with van der Waals surface area (Å²) in [5, 5.41) is 2.24. The average Bonchev–Trinajstić information content (AvgIpc) is 2.87. The zero-order valence-corrected chi connectivity index (χ0v) is 14.3. The maximum absolute atomic E-state index is 12.4. The molecule has 3 aromatic carbocycles. The van der Waals surface area contributed by atoms with Crippen molar-refractivity contribution in [2.24, 2.45) is 0 Å². The number of fused-ring (bicyclic) bond motifs is 3. The van der Waals surface area contributed by atoms with Crippen molar-refractivity contribution in [3.63, 3.8) is 0 Å². The first-order valence-corrected chi connectivity index (χ1v) is 8.19. The lowest BCUT2D eigenvalue weighted by Crippen LogP contribution is -2.17. The van der Waals surface area contributed by atoms with E-state index in [1.807, 2.05) is 26.0 Å². The Hall–Kier alpha value is -2.95. The molecule has 0 unspecified atom stereocenters. The highest BCUT2D eigenvalue weighted by atomic mass is 19.4. The summed E-state index contributed by atoms with van der Waals surface area (Å²) in [6.07, 6.45) is -4.69. The molecule has 132 valence electrons. The van der Waals surface area contributed by atoms with Crippen LogP contribution >= 0.6 is 0 Å². The number of hydrogen-bond donors (Lipinski definition) is 0. The minimum Gasteiger partial charge on any atom is -0.406 e. The molecular formula is C21H16F3NO. The number of halogens is 3. The van der Waals surface area contributed by atoms with Crippen molar-refractivity contribution >= 4 is 21.8 Å². The summed E-state index contributed by atoms with van der Waals surface area (Å²) in [4.78, 5) is 0. The number of alkyl halides is 3. The van der Waals surface area contributed by atoms with Crippen LogP contribution in [0, 0.1) is 13.8 Å². The molecule has 0 atom stereocenters. The smallest absolute Gasteiger partial charge is 0.406 e. The topological polar surface area (TPSA) is 14.2 Å². The fourth-order valence-electron chi connectivity index (χ4n) is 3.32. The first kappa shape index (κ1) is 16.5. The highest BCUT2D eigenvalue weighted by Gasteiger charge is 2.31. The number of aryl methyl sites for hydroxylation is 2. The van der Waals surface area contributed by atoms with E-state index in [-0.39, 0.29) is 5.75 Å². The fraction of sp³-hybridized carbons (Fsp3) is 0.143. The first-order chi connectivity index (χ1) is 12.3. The minimum absolute atomic E-state index is 0.228. The van der Waals surface area contributed by atoms with E-state index >= 15 is 0 Å². The lowest BCUT2D eigenvalue weighted by atomic mass is 10.1. The number of hydrogen-bond acceptors (Lipinski definition) is 1. The molecule has 4 aromatic rings. The van der Waals surface area contributed by atoms with Gasteiger partial charge in [-0.25, -0.2) is 0 Å². The maximum Gasteiger partial charge on any atom is 0.573 e. The summed E-state index contributed by atoms with van der Waals surface area (Å²) in [7, 11) is 0. The molecule has 1 heterocycles. The van der Waals surface area contributed by atoms with E-state index in [9.17, 15) is 13.2 Å². The van der Waals surface area contributed by atoms with Gasteiger partial charge in [0.15, 0.2) is 0 Å². The Balaban J connectivity index is 1.93. The van der Waals surface area contributed by atoms with Gasteiger partial charge in [0, 0.05) is 16.5 Å². The van der Waals surface area contributed by atoms with Crippen LogP contribution in [0.25, 0.3) is 27.5 Å². The molecule has 4 rings (SSSR count). The third kappa shape index (κ3) is 2.90. The van der Waals surface area contributed by atoms with Crippen LogP contribution in [0.15, 0.2) is 60.7 Å². The highest BCUT2D eigenvalue weighted by Crippen LogP contribution is 2.34. The Morgan fingerprint density at radius 2 is 1.38 bits per heavy atom. The van der Waals surface area contributed by atoms with Crippen LogP contribution in [0.3, 0.4) is 0 Å². The molecule has 0 N–H and O–H groups in total. The summed E-state index contributed by atoms with van der Waals surface area (Å²) in [6, 6.07) is 18.4. The van der Waals surface area contributed by atoms with E-state index in [0.717, 1.165) is 38.6 Å². The van der Waals surface area contributed by atoms with Crippen LogP contribution in [0.1, 0.15) is 11.1 Å². The number of nitrogens with zero attached hydrogens (tertiary/aromatic N) is 1. The Morgan fingerprint density at radius 1 is 0.731 bits per heavy atom. The van der Waals surface area contributed by atoms with Gasteiger partial charge >= 0.3 is 6.36 Å². The van der Waals surface area contributed by atoms with Crippen LogP contribution in [-0.4, -0.2) is 10.9 Å². The SMILES string of the molecule is Cc1ccc2c(c1)c1ccc(C)cc1n2-c1ccc(OC(F)(F)F)cc1. The molecule has 0 amide bonds. The summed E-state index contributed by atoms with van der Waals surface area (Å²) in [5.41, 5.74) is 5.10. The monoisotopic (exact) mass is 355 g/mol. The van der Waals surface area contributed by atoms with Crippen LogP contribution < -0.4 is 4.74 Å². The summed E-state index contributed by atoms with van der Waals surface area (Å²) in [5.74, 6) is -0.228. The van der Waals surface area contributed by atoms with E-state index in [4.69, 9.17) is 0 Å². The normalized spacial score (nSPS) is 12.0. The maximum atomic E-state index is 12.4. The quantitative estimate of drug-likeness (QED) is 0.412. The molecule has 0 aliphatic heterocycles. The lowest BCUT2D eigenvalue weighted by Gasteiger charge is -2.11. The molecule has 0 radical (unpaired) electrons. The molecular weight excluding hydrogens is 339 g/mol. The van der Waals surface area contributed by atoms with Gasteiger partial charge in [-0.2, -0.15) is 0 Å². The zero-order chi connectivity index (χ0) is 18.5. The number of rotatable bonds is 2. The van der Waals surface area contributed by atoms with Crippen molar-refractivity contribution in [2.45, 2.75) is 20.2 Å². The molecule has 0 saturated carbocycles. The Morgan fingerprint density at radius 3 is 2.08 bits per heavy atom. The molecule has 0 fully saturated rings. The lowest BCUT2D eigenvalue weighted by molar-refractivity contribution is -0.274. The third-order valence-corrected chi connectivity index (χ3v) is 4.41. The van der Waals surface area contributed by atoms with Crippen LogP contribution in [-0.2, 0) is 0 Å².